The van der Waals surface area contributed by atoms with Gasteiger partial charge in [0.05, 0.1) is 12.2 Å². The molecule has 2 heterocycles. The van der Waals surface area contributed by atoms with E-state index in [0.29, 0.717) is 13.2 Å². The van der Waals surface area contributed by atoms with Crippen molar-refractivity contribution >= 4 is 0 Å². The zero-order valence-corrected chi connectivity index (χ0v) is 8.44. The number of hydrogen-bond acceptors (Lipinski definition) is 3. The van der Waals surface area contributed by atoms with Crippen molar-refractivity contribution < 1.29 is 9.84 Å². The van der Waals surface area contributed by atoms with Gasteiger partial charge in [-0.15, -0.1) is 0 Å². The van der Waals surface area contributed by atoms with Crippen LogP contribution >= 0.6 is 0 Å². The van der Waals surface area contributed by atoms with Crippen LogP contribution < -0.4 is 0 Å². The Bertz CT molecular complexity index is 303. The lowest BCUT2D eigenvalue weighted by Gasteiger charge is -2.19. The summed E-state index contributed by atoms with van der Waals surface area (Å²) in [7, 11) is 1.92. The summed E-state index contributed by atoms with van der Waals surface area (Å²) in [4.78, 5) is 0. The Kier molecular flexibility index (Phi) is 2.56. The van der Waals surface area contributed by atoms with E-state index in [1.54, 1.807) is 6.20 Å². The summed E-state index contributed by atoms with van der Waals surface area (Å²) in [5.41, 5.74) is 0.551. The molecule has 0 amide bonds. The molecule has 1 aromatic heterocycles. The zero-order chi connectivity index (χ0) is 10.0. The normalized spacial score (nSPS) is 27.0. The molecule has 0 saturated carbocycles. The lowest BCUT2D eigenvalue weighted by Crippen LogP contribution is -2.29. The third kappa shape index (κ3) is 1.96. The average molecular weight is 196 g/mol. The SMILES string of the molecule is Cn1nccc1CCC1(O)CCOC1. The smallest absolute Gasteiger partial charge is 0.0905 e. The maximum Gasteiger partial charge on any atom is 0.0905 e. The molecule has 1 N–H and O–H groups in total. The van der Waals surface area contributed by atoms with Gasteiger partial charge in [-0.3, -0.25) is 4.68 Å². The second-order valence-corrected chi connectivity index (χ2v) is 3.97. The molecule has 0 bridgehead atoms. The molecule has 4 nitrogen and oxygen atoms in total. The van der Waals surface area contributed by atoms with Gasteiger partial charge in [0.15, 0.2) is 0 Å². The number of ether oxygens (including phenoxy) is 1. The van der Waals surface area contributed by atoms with Gasteiger partial charge in [0.1, 0.15) is 0 Å². The maximum atomic E-state index is 10.0. The van der Waals surface area contributed by atoms with Crippen molar-refractivity contribution in [3.8, 4) is 0 Å². The summed E-state index contributed by atoms with van der Waals surface area (Å²) in [6.45, 7) is 1.16. The van der Waals surface area contributed by atoms with Gasteiger partial charge < -0.3 is 9.84 Å². The molecular formula is C10H16N2O2. The van der Waals surface area contributed by atoms with E-state index >= 15 is 0 Å². The molecule has 1 aliphatic heterocycles. The van der Waals surface area contributed by atoms with Crippen molar-refractivity contribution in [2.24, 2.45) is 7.05 Å². The number of nitrogens with zero attached hydrogens (tertiary/aromatic N) is 2. The summed E-state index contributed by atoms with van der Waals surface area (Å²) >= 11 is 0. The van der Waals surface area contributed by atoms with Gasteiger partial charge in [0.25, 0.3) is 0 Å². The average Bonchev–Trinajstić information content (AvgIpc) is 2.73. The predicted molar refractivity (Wildman–Crippen MR) is 51.9 cm³/mol. The van der Waals surface area contributed by atoms with Gasteiger partial charge in [-0.05, 0) is 18.9 Å². The Morgan fingerprint density at radius 2 is 2.57 bits per heavy atom. The van der Waals surface area contributed by atoms with Gasteiger partial charge in [-0.1, -0.05) is 0 Å². The largest absolute Gasteiger partial charge is 0.387 e. The van der Waals surface area contributed by atoms with Crippen molar-refractivity contribution in [3.63, 3.8) is 0 Å². The van der Waals surface area contributed by atoms with E-state index in [0.717, 1.165) is 25.0 Å². The molecule has 1 atom stereocenters. The van der Waals surface area contributed by atoms with Gasteiger partial charge in [-0.25, -0.2) is 0 Å². The highest BCUT2D eigenvalue weighted by Crippen LogP contribution is 2.23. The Morgan fingerprint density at radius 1 is 1.71 bits per heavy atom. The molecule has 2 rings (SSSR count). The monoisotopic (exact) mass is 196 g/mol. The van der Waals surface area contributed by atoms with Crippen molar-refractivity contribution in [1.29, 1.82) is 0 Å². The van der Waals surface area contributed by atoms with Gasteiger partial charge in [0.2, 0.25) is 0 Å². The fourth-order valence-electron chi connectivity index (χ4n) is 1.80. The molecular weight excluding hydrogens is 180 g/mol. The molecule has 1 aromatic rings. The van der Waals surface area contributed by atoms with Crippen LogP contribution in [0.3, 0.4) is 0 Å². The summed E-state index contributed by atoms with van der Waals surface area (Å²) in [5, 5.41) is 14.1. The topological polar surface area (TPSA) is 47.3 Å². The molecule has 1 saturated heterocycles. The Morgan fingerprint density at radius 3 is 3.14 bits per heavy atom. The van der Waals surface area contributed by atoms with E-state index in [2.05, 4.69) is 5.10 Å². The van der Waals surface area contributed by atoms with Crippen molar-refractivity contribution in [1.82, 2.24) is 9.78 Å². The first-order valence-electron chi connectivity index (χ1n) is 4.97. The highest BCUT2D eigenvalue weighted by atomic mass is 16.5. The minimum absolute atomic E-state index is 0.477. The highest BCUT2D eigenvalue weighted by molar-refractivity contribution is 5.01. The zero-order valence-electron chi connectivity index (χ0n) is 8.44. The summed E-state index contributed by atoms with van der Waals surface area (Å²) in [6.07, 6.45) is 4.15. The lowest BCUT2D eigenvalue weighted by molar-refractivity contribution is 0.0192. The molecule has 14 heavy (non-hydrogen) atoms. The molecule has 0 aliphatic carbocycles. The standard InChI is InChI=1S/C10H16N2O2/c1-12-9(3-6-11-12)2-4-10(13)5-7-14-8-10/h3,6,13H,2,4-5,7-8H2,1H3. The molecule has 0 spiro atoms. The summed E-state index contributed by atoms with van der Waals surface area (Å²) in [5.74, 6) is 0. The van der Waals surface area contributed by atoms with E-state index in [9.17, 15) is 5.11 Å². The van der Waals surface area contributed by atoms with Crippen LogP contribution in [0.2, 0.25) is 0 Å². The van der Waals surface area contributed by atoms with Crippen LogP contribution in [0, 0.1) is 0 Å². The number of aryl methyl sites for hydroxylation is 2. The predicted octanol–water partition coefficient (Wildman–Crippen LogP) is 0.504. The highest BCUT2D eigenvalue weighted by Gasteiger charge is 2.31. The molecule has 0 aromatic carbocycles. The van der Waals surface area contributed by atoms with Crippen LogP contribution in [0.15, 0.2) is 12.3 Å². The Labute approximate surface area is 83.5 Å². The lowest BCUT2D eigenvalue weighted by atomic mass is 9.96. The first-order chi connectivity index (χ1) is 6.70. The van der Waals surface area contributed by atoms with Gasteiger partial charge >= 0.3 is 0 Å². The molecule has 1 unspecified atom stereocenters. The first-order valence-corrected chi connectivity index (χ1v) is 4.97. The van der Waals surface area contributed by atoms with Crippen LogP contribution in [0.25, 0.3) is 0 Å². The fraction of sp³-hybridized carbons (Fsp3) is 0.700. The van der Waals surface area contributed by atoms with E-state index in [1.165, 1.54) is 0 Å². The van der Waals surface area contributed by atoms with Crippen LogP contribution in [-0.4, -0.2) is 33.7 Å². The Balaban J connectivity index is 1.91. The van der Waals surface area contributed by atoms with E-state index in [4.69, 9.17) is 4.74 Å². The number of aromatic nitrogens is 2. The second-order valence-electron chi connectivity index (χ2n) is 3.97. The summed E-state index contributed by atoms with van der Waals surface area (Å²) in [6, 6.07) is 1.99. The van der Waals surface area contributed by atoms with E-state index < -0.39 is 5.60 Å². The molecule has 78 valence electrons. The molecule has 0 radical (unpaired) electrons. The minimum Gasteiger partial charge on any atom is -0.387 e. The Hall–Kier alpha value is -0.870. The van der Waals surface area contributed by atoms with Crippen LogP contribution in [0.5, 0.6) is 0 Å². The van der Waals surface area contributed by atoms with Crippen molar-refractivity contribution in [2.45, 2.75) is 24.9 Å². The first kappa shape index (κ1) is 9.68. The van der Waals surface area contributed by atoms with Gasteiger partial charge in [-0.2, -0.15) is 5.10 Å². The number of aliphatic hydroxyl groups is 1. The summed E-state index contributed by atoms with van der Waals surface area (Å²) < 4.78 is 7.03. The van der Waals surface area contributed by atoms with E-state index in [-0.39, 0.29) is 0 Å². The van der Waals surface area contributed by atoms with Crippen molar-refractivity contribution in [3.05, 3.63) is 18.0 Å². The maximum absolute atomic E-state index is 10.0. The molecule has 1 fully saturated rings. The quantitative estimate of drug-likeness (QED) is 0.766. The van der Waals surface area contributed by atoms with Crippen LogP contribution in [0.1, 0.15) is 18.5 Å². The fourth-order valence-corrected chi connectivity index (χ4v) is 1.80. The van der Waals surface area contributed by atoms with E-state index in [1.807, 2.05) is 17.8 Å². The molecule has 4 heteroatoms. The third-order valence-corrected chi connectivity index (χ3v) is 2.85. The van der Waals surface area contributed by atoms with Crippen molar-refractivity contribution in [2.75, 3.05) is 13.2 Å². The number of hydrogen-bond donors (Lipinski definition) is 1. The third-order valence-electron chi connectivity index (χ3n) is 2.85. The van der Waals surface area contributed by atoms with Gasteiger partial charge in [0, 0.05) is 32.0 Å². The molecule has 1 aliphatic rings. The van der Waals surface area contributed by atoms with Crippen LogP contribution in [0.4, 0.5) is 0 Å². The number of rotatable bonds is 3. The minimum atomic E-state index is -0.607. The second kappa shape index (κ2) is 3.71. The van der Waals surface area contributed by atoms with Crippen LogP contribution in [-0.2, 0) is 18.2 Å².